The van der Waals surface area contributed by atoms with E-state index in [0.717, 1.165) is 12.8 Å². The van der Waals surface area contributed by atoms with Crippen LogP contribution in [0.4, 0.5) is 0 Å². The van der Waals surface area contributed by atoms with Gasteiger partial charge in [-0.15, -0.1) is 0 Å². The molecule has 13 aromatic carbocycles. The maximum atomic E-state index is 2.56. The van der Waals surface area contributed by atoms with Gasteiger partial charge in [-0.2, -0.15) is 0 Å². The van der Waals surface area contributed by atoms with Gasteiger partial charge in [-0.3, -0.25) is 0 Å². The molecule has 0 aliphatic heterocycles. The molecule has 0 N–H and O–H groups in total. The first kappa shape index (κ1) is 41.9. The molecule has 1 heteroatoms. The molecule has 1 spiro atoms. The van der Waals surface area contributed by atoms with Gasteiger partial charge in [-0.05, 0) is 175 Å². The highest BCUT2D eigenvalue weighted by Crippen LogP contribution is 2.67. The summed E-state index contributed by atoms with van der Waals surface area (Å²) in [6.45, 7) is 0. The van der Waals surface area contributed by atoms with E-state index in [2.05, 4.69) is 265 Å². The van der Waals surface area contributed by atoms with Crippen LogP contribution < -0.4 is 0 Å². The van der Waals surface area contributed by atoms with Crippen molar-refractivity contribution in [2.45, 2.75) is 18.3 Å². The smallest absolute Gasteiger partial charge is 0.0737 e. The fraction of sp³-hybridized carbons (Fsp3) is 0.0400. The van der Waals surface area contributed by atoms with Gasteiger partial charge in [0.1, 0.15) is 0 Å². The first-order valence-corrected chi connectivity index (χ1v) is 26.9. The Morgan fingerprint density at radius 2 is 0.750 bits per heavy atom. The molecule has 76 heavy (non-hydrogen) atoms. The minimum Gasteiger partial charge on any atom is -0.310 e. The van der Waals surface area contributed by atoms with Crippen LogP contribution in [0.15, 0.2) is 261 Å². The molecular formula is C75H47N. The number of allylic oxidation sites excluding steroid dienone is 4. The first-order chi connectivity index (χ1) is 37.8. The number of hydrogen-bond donors (Lipinski definition) is 0. The number of rotatable bonds is 4. The lowest BCUT2D eigenvalue weighted by Gasteiger charge is -2.33. The third kappa shape index (κ3) is 5.49. The van der Waals surface area contributed by atoms with Gasteiger partial charge in [0.2, 0.25) is 0 Å². The third-order valence-corrected chi connectivity index (χ3v) is 17.6. The van der Waals surface area contributed by atoms with Crippen LogP contribution in [0, 0.1) is 0 Å². The van der Waals surface area contributed by atoms with Crippen molar-refractivity contribution in [3.8, 4) is 55.6 Å². The second kappa shape index (κ2) is 15.7. The highest BCUT2D eigenvalue weighted by atomic mass is 15.0. The molecule has 0 saturated carbocycles. The van der Waals surface area contributed by atoms with Crippen molar-refractivity contribution in [1.82, 2.24) is 4.57 Å². The Morgan fingerprint density at radius 1 is 0.289 bits per heavy atom. The van der Waals surface area contributed by atoms with Gasteiger partial charge in [0.05, 0.1) is 16.4 Å². The molecule has 0 fully saturated rings. The summed E-state index contributed by atoms with van der Waals surface area (Å²) >= 11 is 0. The third-order valence-electron chi connectivity index (χ3n) is 17.6. The van der Waals surface area contributed by atoms with E-state index in [0.29, 0.717) is 0 Å². The largest absolute Gasteiger partial charge is 0.310 e. The van der Waals surface area contributed by atoms with E-state index in [1.54, 1.807) is 0 Å². The molecule has 3 aliphatic rings. The fourth-order valence-corrected chi connectivity index (χ4v) is 14.7. The van der Waals surface area contributed by atoms with Crippen molar-refractivity contribution >= 4 is 81.4 Å². The molecule has 0 bridgehead atoms. The lowest BCUT2D eigenvalue weighted by molar-refractivity contribution is 0.809. The van der Waals surface area contributed by atoms with Gasteiger partial charge in [-0.1, -0.05) is 231 Å². The predicted molar refractivity (Wildman–Crippen MR) is 322 cm³/mol. The van der Waals surface area contributed by atoms with E-state index >= 15 is 0 Å². The Bertz CT molecular complexity index is 4820. The van der Waals surface area contributed by atoms with Crippen LogP contribution >= 0.6 is 0 Å². The van der Waals surface area contributed by atoms with Gasteiger partial charge in [0.25, 0.3) is 0 Å². The van der Waals surface area contributed by atoms with E-state index in [4.69, 9.17) is 0 Å². The second-order valence-electron chi connectivity index (χ2n) is 21.2. The van der Waals surface area contributed by atoms with E-state index in [1.165, 1.54) is 159 Å². The summed E-state index contributed by atoms with van der Waals surface area (Å²) in [5.74, 6) is 0. The zero-order chi connectivity index (χ0) is 49.6. The Labute approximate surface area is 440 Å². The van der Waals surface area contributed by atoms with E-state index < -0.39 is 5.41 Å². The molecule has 1 nitrogen and oxygen atoms in total. The maximum absolute atomic E-state index is 2.56. The molecule has 3 aliphatic carbocycles. The monoisotopic (exact) mass is 961 g/mol. The van der Waals surface area contributed by atoms with Crippen LogP contribution in [0.1, 0.15) is 35.1 Å². The fourth-order valence-electron chi connectivity index (χ4n) is 14.7. The normalized spacial score (nSPS) is 14.1. The molecule has 0 saturated heterocycles. The molecule has 352 valence electrons. The van der Waals surface area contributed by atoms with Gasteiger partial charge < -0.3 is 4.57 Å². The summed E-state index contributed by atoms with van der Waals surface area (Å²) in [5.41, 5.74) is 21.5. The number of fused-ring (bicyclic) bond motifs is 22. The number of para-hydroxylation sites is 1. The minimum atomic E-state index is -0.521. The topological polar surface area (TPSA) is 4.93 Å². The van der Waals surface area contributed by atoms with E-state index in [1.807, 2.05) is 0 Å². The standard InChI is InChI=1S/C75H47N/c1-2-20-49(21-3-1)76-68-37-19-16-27-55(68)64-44-48(42-43-69(64)76)71-59-31-10-8-29-57(59)70(58-30-9-11-32-60(58)71)47-40-38-46(39-41-47)63-45-65-72-56-28-7-4-22-50(56)51-23-5-13-34-62(51)74(72)75(73(65)61-33-12-6-24-52(61)63)66-35-17-14-25-53(66)54-26-15-18-36-67(54)75/h2,4-45H,1,3H2. The highest BCUT2D eigenvalue weighted by Gasteiger charge is 2.54. The summed E-state index contributed by atoms with van der Waals surface area (Å²) in [6.07, 6.45) is 9.13. The van der Waals surface area contributed by atoms with Crippen LogP contribution in [-0.2, 0) is 5.41 Å². The van der Waals surface area contributed by atoms with Crippen LogP contribution in [0.2, 0.25) is 0 Å². The van der Waals surface area contributed by atoms with Crippen LogP contribution in [0.5, 0.6) is 0 Å². The van der Waals surface area contributed by atoms with E-state index in [9.17, 15) is 0 Å². The van der Waals surface area contributed by atoms with Gasteiger partial charge >= 0.3 is 0 Å². The summed E-state index contributed by atoms with van der Waals surface area (Å²) in [6, 6.07) is 92.2. The SMILES string of the molecule is C1=CC(n2c3ccccc3c3cc(-c4c5ccccc5c(-c5ccc(-c6cc7c(c8ccccc68)C6(c8ccccc8-c8ccccc86)c6c-7c7ccccc7c7ccccc67)cc5)c5ccccc45)ccc32)=CCC1. The van der Waals surface area contributed by atoms with Crippen molar-refractivity contribution in [3.05, 3.63) is 283 Å². The number of hydrogen-bond acceptors (Lipinski definition) is 0. The van der Waals surface area contributed by atoms with Crippen LogP contribution in [0.25, 0.3) is 137 Å². The van der Waals surface area contributed by atoms with Crippen molar-refractivity contribution in [1.29, 1.82) is 0 Å². The molecule has 1 aromatic heterocycles. The summed E-state index contributed by atoms with van der Waals surface area (Å²) in [5, 5.41) is 15.4. The minimum absolute atomic E-state index is 0.521. The number of aromatic nitrogens is 1. The van der Waals surface area contributed by atoms with Crippen LogP contribution in [0.3, 0.4) is 0 Å². The Balaban J connectivity index is 0.880. The Morgan fingerprint density at radius 3 is 1.37 bits per heavy atom. The molecule has 1 heterocycles. The van der Waals surface area contributed by atoms with Crippen molar-refractivity contribution in [3.63, 3.8) is 0 Å². The van der Waals surface area contributed by atoms with Gasteiger partial charge in [0.15, 0.2) is 0 Å². The van der Waals surface area contributed by atoms with Crippen LogP contribution in [-0.4, -0.2) is 4.57 Å². The molecule has 0 unspecified atom stereocenters. The number of nitrogens with zero attached hydrogens (tertiary/aromatic N) is 1. The molecule has 0 amide bonds. The lowest BCUT2D eigenvalue weighted by Crippen LogP contribution is -2.26. The summed E-state index contributed by atoms with van der Waals surface area (Å²) in [4.78, 5) is 0. The molecule has 14 aromatic rings. The summed E-state index contributed by atoms with van der Waals surface area (Å²) in [7, 11) is 0. The molecular weight excluding hydrogens is 915 g/mol. The molecule has 0 radical (unpaired) electrons. The van der Waals surface area contributed by atoms with Crippen molar-refractivity contribution < 1.29 is 0 Å². The maximum Gasteiger partial charge on any atom is 0.0737 e. The van der Waals surface area contributed by atoms with Gasteiger partial charge in [-0.25, -0.2) is 0 Å². The zero-order valence-electron chi connectivity index (χ0n) is 41.7. The van der Waals surface area contributed by atoms with E-state index in [-0.39, 0.29) is 0 Å². The van der Waals surface area contributed by atoms with Crippen molar-refractivity contribution in [2.24, 2.45) is 0 Å². The lowest BCUT2D eigenvalue weighted by atomic mass is 9.68. The summed E-state index contributed by atoms with van der Waals surface area (Å²) < 4.78 is 2.45. The average Bonchev–Trinajstić information content (AvgIpc) is 4.25. The average molecular weight is 962 g/mol. The Kier molecular flexibility index (Phi) is 8.66. The number of benzene rings is 13. The molecule has 17 rings (SSSR count). The molecule has 0 atom stereocenters. The quantitative estimate of drug-likeness (QED) is 0.122. The Hall–Kier alpha value is -9.56. The van der Waals surface area contributed by atoms with Crippen molar-refractivity contribution in [2.75, 3.05) is 0 Å². The first-order valence-electron chi connectivity index (χ1n) is 26.9. The predicted octanol–water partition coefficient (Wildman–Crippen LogP) is 20.1. The highest BCUT2D eigenvalue weighted by molar-refractivity contribution is 6.24. The zero-order valence-corrected chi connectivity index (χ0v) is 41.7. The van der Waals surface area contributed by atoms with Gasteiger partial charge in [0, 0.05) is 16.5 Å². The second-order valence-corrected chi connectivity index (χ2v) is 21.2.